The molecular formula is C12H25NO4S. The highest BCUT2D eigenvalue weighted by molar-refractivity contribution is 7.90. The van der Waals surface area contributed by atoms with Gasteiger partial charge in [0.25, 0.3) is 0 Å². The van der Waals surface area contributed by atoms with E-state index < -0.39 is 9.84 Å². The molecule has 1 aliphatic rings. The monoisotopic (exact) mass is 279 g/mol. The van der Waals surface area contributed by atoms with Crippen molar-refractivity contribution in [2.45, 2.75) is 25.9 Å². The molecule has 108 valence electrons. The topological polar surface area (TPSA) is 64.6 Å². The zero-order valence-electron chi connectivity index (χ0n) is 11.6. The van der Waals surface area contributed by atoms with E-state index in [4.69, 9.17) is 9.47 Å². The van der Waals surface area contributed by atoms with Crippen LogP contribution in [0.4, 0.5) is 0 Å². The zero-order chi connectivity index (χ0) is 13.6. The highest BCUT2D eigenvalue weighted by Gasteiger charge is 2.41. The minimum absolute atomic E-state index is 0.0587. The van der Waals surface area contributed by atoms with Gasteiger partial charge in [-0.3, -0.25) is 0 Å². The molecule has 1 aliphatic heterocycles. The van der Waals surface area contributed by atoms with E-state index in [9.17, 15) is 8.42 Å². The van der Waals surface area contributed by atoms with Gasteiger partial charge in [0.05, 0.1) is 18.5 Å². The molecule has 1 N–H and O–H groups in total. The average molecular weight is 279 g/mol. The lowest BCUT2D eigenvalue weighted by Crippen LogP contribution is -2.41. The summed E-state index contributed by atoms with van der Waals surface area (Å²) in [4.78, 5) is 0. The number of ether oxygens (including phenoxy) is 2. The summed E-state index contributed by atoms with van der Waals surface area (Å²) in [6.45, 7) is 4.98. The molecule has 6 heteroatoms. The fourth-order valence-corrected chi connectivity index (χ4v) is 3.15. The quantitative estimate of drug-likeness (QED) is 0.654. The maximum absolute atomic E-state index is 11.3. The molecule has 2 unspecified atom stereocenters. The van der Waals surface area contributed by atoms with E-state index in [0.29, 0.717) is 13.0 Å². The highest BCUT2D eigenvalue weighted by atomic mass is 32.2. The van der Waals surface area contributed by atoms with E-state index >= 15 is 0 Å². The van der Waals surface area contributed by atoms with Crippen LogP contribution in [0.5, 0.6) is 0 Å². The number of methoxy groups -OCH3 is 1. The van der Waals surface area contributed by atoms with Crippen LogP contribution in [0.25, 0.3) is 0 Å². The molecule has 0 radical (unpaired) electrons. The van der Waals surface area contributed by atoms with Crippen molar-refractivity contribution < 1.29 is 17.9 Å². The molecule has 2 atom stereocenters. The number of sulfone groups is 1. The Kier molecular flexibility index (Phi) is 6.04. The second kappa shape index (κ2) is 6.84. The van der Waals surface area contributed by atoms with Crippen LogP contribution < -0.4 is 5.32 Å². The Labute approximate surface area is 110 Å². The Morgan fingerprint density at radius 3 is 2.72 bits per heavy atom. The lowest BCUT2D eigenvalue weighted by molar-refractivity contribution is 0.0603. The SMILES string of the molecule is COCCNCC1(CCS(C)(=O)=O)CCOC1C. The zero-order valence-corrected chi connectivity index (χ0v) is 12.4. The standard InChI is InChI=1S/C12H25NO4S/c1-11-12(4-7-17-11,5-9-18(3,14)15)10-13-6-8-16-2/h11,13H,4-10H2,1-3H3. The van der Waals surface area contributed by atoms with E-state index in [1.54, 1.807) is 7.11 Å². The Morgan fingerprint density at radius 2 is 2.22 bits per heavy atom. The third-order valence-electron chi connectivity index (χ3n) is 3.76. The van der Waals surface area contributed by atoms with Crippen LogP contribution in [0.1, 0.15) is 19.8 Å². The van der Waals surface area contributed by atoms with Crippen LogP contribution in [-0.4, -0.2) is 59.9 Å². The van der Waals surface area contributed by atoms with Crippen molar-refractivity contribution in [3.8, 4) is 0 Å². The van der Waals surface area contributed by atoms with Crippen molar-refractivity contribution in [1.82, 2.24) is 5.32 Å². The summed E-state index contributed by atoms with van der Waals surface area (Å²) in [6.07, 6.45) is 2.98. The molecule has 5 nitrogen and oxygen atoms in total. The fourth-order valence-electron chi connectivity index (χ4n) is 2.37. The van der Waals surface area contributed by atoms with Crippen LogP contribution in [-0.2, 0) is 19.3 Å². The first kappa shape index (κ1) is 15.9. The van der Waals surface area contributed by atoms with Gasteiger partial charge in [-0.15, -0.1) is 0 Å². The van der Waals surface area contributed by atoms with Gasteiger partial charge in [0.1, 0.15) is 9.84 Å². The molecule has 1 rings (SSSR count). The van der Waals surface area contributed by atoms with Gasteiger partial charge in [-0.2, -0.15) is 0 Å². The summed E-state index contributed by atoms with van der Waals surface area (Å²) in [5, 5.41) is 3.34. The molecule has 1 heterocycles. The van der Waals surface area contributed by atoms with Gasteiger partial charge in [-0.25, -0.2) is 8.42 Å². The molecule has 0 spiro atoms. The summed E-state index contributed by atoms with van der Waals surface area (Å²) in [7, 11) is -1.25. The van der Waals surface area contributed by atoms with Crippen molar-refractivity contribution in [1.29, 1.82) is 0 Å². The van der Waals surface area contributed by atoms with E-state index in [0.717, 1.165) is 26.1 Å². The first-order chi connectivity index (χ1) is 8.40. The molecule has 0 amide bonds. The summed E-state index contributed by atoms with van der Waals surface area (Å²) >= 11 is 0. The number of hydrogen-bond donors (Lipinski definition) is 1. The molecule has 0 aliphatic carbocycles. The fraction of sp³-hybridized carbons (Fsp3) is 1.00. The summed E-state index contributed by atoms with van der Waals surface area (Å²) in [5.41, 5.74) is -0.0587. The molecule has 0 aromatic carbocycles. The summed E-state index contributed by atoms with van der Waals surface area (Å²) in [6, 6.07) is 0. The number of nitrogens with one attached hydrogen (secondary N) is 1. The van der Waals surface area contributed by atoms with Crippen LogP contribution in [0, 0.1) is 5.41 Å². The molecule has 1 fully saturated rings. The molecule has 0 aromatic rings. The molecule has 0 saturated carbocycles. The Hall–Kier alpha value is -0.170. The smallest absolute Gasteiger partial charge is 0.147 e. The van der Waals surface area contributed by atoms with Crippen molar-refractivity contribution in [3.05, 3.63) is 0 Å². The third kappa shape index (κ3) is 4.84. The predicted octanol–water partition coefficient (Wildman–Crippen LogP) is 0.452. The number of rotatable bonds is 8. The van der Waals surface area contributed by atoms with Gasteiger partial charge in [0.2, 0.25) is 0 Å². The van der Waals surface area contributed by atoms with Crippen LogP contribution in [0.15, 0.2) is 0 Å². The van der Waals surface area contributed by atoms with Gasteiger partial charge in [-0.1, -0.05) is 0 Å². The summed E-state index contributed by atoms with van der Waals surface area (Å²) in [5.74, 6) is 0.229. The highest BCUT2D eigenvalue weighted by Crippen LogP contribution is 2.38. The maximum Gasteiger partial charge on any atom is 0.147 e. The van der Waals surface area contributed by atoms with Crippen LogP contribution >= 0.6 is 0 Å². The van der Waals surface area contributed by atoms with E-state index in [-0.39, 0.29) is 17.3 Å². The van der Waals surface area contributed by atoms with E-state index in [1.807, 2.05) is 6.92 Å². The van der Waals surface area contributed by atoms with E-state index in [2.05, 4.69) is 5.32 Å². The van der Waals surface area contributed by atoms with Crippen LogP contribution in [0.3, 0.4) is 0 Å². The Balaban J connectivity index is 2.53. The Bertz CT molecular complexity index is 344. The van der Waals surface area contributed by atoms with Crippen molar-refractivity contribution in [2.24, 2.45) is 5.41 Å². The average Bonchev–Trinajstić information content (AvgIpc) is 2.64. The summed E-state index contributed by atoms with van der Waals surface area (Å²) < 4.78 is 33.3. The number of hydrogen-bond acceptors (Lipinski definition) is 5. The maximum atomic E-state index is 11.3. The second-order valence-corrected chi connectivity index (χ2v) is 7.43. The molecule has 0 bridgehead atoms. The second-order valence-electron chi connectivity index (χ2n) is 5.17. The van der Waals surface area contributed by atoms with Crippen LogP contribution in [0.2, 0.25) is 0 Å². The molecule has 0 aromatic heterocycles. The molecule has 1 saturated heterocycles. The van der Waals surface area contributed by atoms with Crippen molar-refractivity contribution in [2.75, 3.05) is 45.4 Å². The first-order valence-electron chi connectivity index (χ1n) is 6.39. The Morgan fingerprint density at radius 1 is 1.50 bits per heavy atom. The van der Waals surface area contributed by atoms with E-state index in [1.165, 1.54) is 6.26 Å². The van der Waals surface area contributed by atoms with Gasteiger partial charge in [-0.05, 0) is 19.8 Å². The lowest BCUT2D eigenvalue weighted by atomic mass is 9.79. The van der Waals surface area contributed by atoms with Crippen molar-refractivity contribution in [3.63, 3.8) is 0 Å². The molecule has 18 heavy (non-hydrogen) atoms. The van der Waals surface area contributed by atoms with Gasteiger partial charge < -0.3 is 14.8 Å². The van der Waals surface area contributed by atoms with Gasteiger partial charge in [0, 0.05) is 38.5 Å². The largest absolute Gasteiger partial charge is 0.383 e. The molecular weight excluding hydrogens is 254 g/mol. The normalized spacial score (nSPS) is 28.7. The minimum atomic E-state index is -2.92. The minimum Gasteiger partial charge on any atom is -0.383 e. The van der Waals surface area contributed by atoms with Gasteiger partial charge in [0.15, 0.2) is 0 Å². The van der Waals surface area contributed by atoms with Crippen molar-refractivity contribution >= 4 is 9.84 Å². The van der Waals surface area contributed by atoms with Gasteiger partial charge >= 0.3 is 0 Å². The first-order valence-corrected chi connectivity index (χ1v) is 8.45. The third-order valence-corrected chi connectivity index (χ3v) is 4.71. The predicted molar refractivity (Wildman–Crippen MR) is 71.5 cm³/mol. The lowest BCUT2D eigenvalue weighted by Gasteiger charge is -2.32.